The van der Waals surface area contributed by atoms with Gasteiger partial charge in [0.2, 0.25) is 0 Å². The lowest BCUT2D eigenvalue weighted by atomic mass is 9.84. The van der Waals surface area contributed by atoms with Crippen LogP contribution in [-0.4, -0.2) is 18.1 Å². The fourth-order valence-corrected chi connectivity index (χ4v) is 3.46. The number of rotatable bonds is 4. The number of phenols is 1. The summed E-state index contributed by atoms with van der Waals surface area (Å²) in [7, 11) is 1.60. The summed E-state index contributed by atoms with van der Waals surface area (Å²) in [5.74, 6) is 1.06. The number of carbonyl (C=O) groups excluding carboxylic acids is 1. The molecule has 0 aliphatic heterocycles. The highest BCUT2D eigenvalue weighted by atomic mass is 16.5. The average Bonchev–Trinajstić information content (AvgIpc) is 2.64. The Morgan fingerprint density at radius 3 is 2.56 bits per heavy atom. The van der Waals surface area contributed by atoms with Crippen molar-refractivity contribution in [2.24, 2.45) is 0 Å². The molecule has 2 N–H and O–H groups in total. The van der Waals surface area contributed by atoms with Crippen molar-refractivity contribution in [3.63, 3.8) is 0 Å². The van der Waals surface area contributed by atoms with E-state index in [4.69, 9.17) is 4.74 Å². The maximum Gasteiger partial charge on any atom is 0.255 e. The molecule has 1 aliphatic rings. The lowest BCUT2D eigenvalue weighted by molar-refractivity contribution is 0.102. The molecule has 0 spiro atoms. The van der Waals surface area contributed by atoms with Crippen molar-refractivity contribution in [2.75, 3.05) is 12.4 Å². The monoisotopic (exact) mass is 339 g/mol. The van der Waals surface area contributed by atoms with E-state index in [-0.39, 0.29) is 11.7 Å². The van der Waals surface area contributed by atoms with Crippen LogP contribution in [0.1, 0.15) is 59.5 Å². The Morgan fingerprint density at radius 1 is 1.12 bits per heavy atom. The van der Waals surface area contributed by atoms with Crippen LogP contribution >= 0.6 is 0 Å². The number of ether oxygens (including phenoxy) is 1. The van der Waals surface area contributed by atoms with Crippen LogP contribution in [0, 0.1) is 6.92 Å². The third-order valence-corrected chi connectivity index (χ3v) is 5.02. The van der Waals surface area contributed by atoms with Gasteiger partial charge < -0.3 is 15.2 Å². The Hall–Kier alpha value is -2.49. The van der Waals surface area contributed by atoms with Crippen molar-refractivity contribution in [1.82, 2.24) is 0 Å². The van der Waals surface area contributed by atoms with Gasteiger partial charge in [0.25, 0.3) is 5.91 Å². The highest BCUT2D eigenvalue weighted by Gasteiger charge is 2.18. The minimum Gasteiger partial charge on any atom is -0.508 e. The van der Waals surface area contributed by atoms with Gasteiger partial charge in [0.05, 0.1) is 12.8 Å². The second-order valence-electron chi connectivity index (χ2n) is 6.75. The maximum absolute atomic E-state index is 12.6. The fourth-order valence-electron chi connectivity index (χ4n) is 3.46. The lowest BCUT2D eigenvalue weighted by Gasteiger charge is -2.23. The molecule has 1 fully saturated rings. The van der Waals surface area contributed by atoms with Crippen molar-refractivity contribution >= 4 is 11.6 Å². The molecule has 0 aromatic heterocycles. The molecule has 2 aromatic rings. The molecule has 2 aromatic carbocycles. The molecule has 1 aliphatic carbocycles. The van der Waals surface area contributed by atoms with E-state index in [9.17, 15) is 9.90 Å². The summed E-state index contributed by atoms with van der Waals surface area (Å²) in [6, 6.07) is 11.0. The smallest absolute Gasteiger partial charge is 0.255 e. The van der Waals surface area contributed by atoms with Crippen molar-refractivity contribution in [2.45, 2.75) is 44.9 Å². The van der Waals surface area contributed by atoms with E-state index in [1.807, 2.05) is 12.1 Å². The molecule has 0 heterocycles. The van der Waals surface area contributed by atoms with Crippen molar-refractivity contribution in [1.29, 1.82) is 0 Å². The van der Waals surface area contributed by atoms with Crippen LogP contribution in [0.2, 0.25) is 0 Å². The third kappa shape index (κ3) is 3.95. The molecule has 4 heteroatoms. The first-order valence-corrected chi connectivity index (χ1v) is 8.87. The summed E-state index contributed by atoms with van der Waals surface area (Å²) >= 11 is 0. The number of aromatic hydroxyl groups is 1. The highest BCUT2D eigenvalue weighted by Crippen LogP contribution is 2.36. The van der Waals surface area contributed by atoms with Gasteiger partial charge in [-0.05, 0) is 61.1 Å². The molecular formula is C21H25NO3. The molecule has 0 bridgehead atoms. The van der Waals surface area contributed by atoms with Gasteiger partial charge in [-0.1, -0.05) is 31.4 Å². The number of nitrogens with one attached hydrogen (secondary N) is 1. The topological polar surface area (TPSA) is 58.6 Å². The zero-order valence-corrected chi connectivity index (χ0v) is 14.8. The molecule has 3 rings (SSSR count). The van der Waals surface area contributed by atoms with Crippen LogP contribution in [0.4, 0.5) is 5.69 Å². The van der Waals surface area contributed by atoms with Gasteiger partial charge in [-0.3, -0.25) is 4.79 Å². The van der Waals surface area contributed by atoms with E-state index in [1.54, 1.807) is 26.2 Å². The molecule has 0 radical (unpaired) electrons. The normalized spacial score (nSPS) is 15.0. The summed E-state index contributed by atoms with van der Waals surface area (Å²) in [5, 5.41) is 12.8. The zero-order chi connectivity index (χ0) is 17.8. The molecule has 0 unspecified atom stereocenters. The van der Waals surface area contributed by atoms with Crippen molar-refractivity contribution in [3.05, 3.63) is 53.1 Å². The number of anilines is 1. The second-order valence-corrected chi connectivity index (χ2v) is 6.75. The first kappa shape index (κ1) is 17.3. The van der Waals surface area contributed by atoms with Crippen molar-refractivity contribution in [3.8, 4) is 11.5 Å². The summed E-state index contributed by atoms with van der Waals surface area (Å²) in [5.41, 5.74) is 3.10. The van der Waals surface area contributed by atoms with Crippen LogP contribution in [0.25, 0.3) is 0 Å². The Balaban J connectivity index is 1.84. The Morgan fingerprint density at radius 2 is 1.88 bits per heavy atom. The fraction of sp³-hybridized carbons (Fsp3) is 0.381. The number of phenolic OH excluding ortho intramolecular Hbond substituents is 1. The number of methoxy groups -OCH3 is 1. The first-order chi connectivity index (χ1) is 12.1. The predicted molar refractivity (Wildman–Crippen MR) is 99.6 cm³/mol. The van der Waals surface area contributed by atoms with Gasteiger partial charge in [0.15, 0.2) is 0 Å². The molecule has 0 saturated heterocycles. The molecule has 25 heavy (non-hydrogen) atoms. The molecule has 0 atom stereocenters. The van der Waals surface area contributed by atoms with E-state index in [0.29, 0.717) is 22.9 Å². The van der Waals surface area contributed by atoms with Crippen molar-refractivity contribution < 1.29 is 14.6 Å². The zero-order valence-electron chi connectivity index (χ0n) is 14.8. The summed E-state index contributed by atoms with van der Waals surface area (Å²) in [4.78, 5) is 12.6. The van der Waals surface area contributed by atoms with E-state index < -0.39 is 0 Å². The predicted octanol–water partition coefficient (Wildman–Crippen LogP) is 5.01. The Kier molecular flexibility index (Phi) is 5.27. The number of benzene rings is 2. The Labute approximate surface area is 148 Å². The number of carbonyl (C=O) groups is 1. The molecule has 1 amide bonds. The number of aryl methyl sites for hydroxylation is 1. The van der Waals surface area contributed by atoms with Gasteiger partial charge in [0, 0.05) is 5.56 Å². The van der Waals surface area contributed by atoms with E-state index >= 15 is 0 Å². The quantitative estimate of drug-likeness (QED) is 0.823. The van der Waals surface area contributed by atoms with Gasteiger partial charge in [-0.25, -0.2) is 0 Å². The third-order valence-electron chi connectivity index (χ3n) is 5.02. The largest absolute Gasteiger partial charge is 0.508 e. The number of amides is 1. The molecule has 132 valence electrons. The second kappa shape index (κ2) is 7.60. The highest BCUT2D eigenvalue weighted by molar-refractivity contribution is 6.05. The van der Waals surface area contributed by atoms with Gasteiger partial charge in [0.1, 0.15) is 11.5 Å². The first-order valence-electron chi connectivity index (χ1n) is 8.87. The number of hydrogen-bond acceptors (Lipinski definition) is 3. The van der Waals surface area contributed by atoms with Gasteiger partial charge in [-0.15, -0.1) is 0 Å². The average molecular weight is 339 g/mol. The number of hydrogen-bond donors (Lipinski definition) is 2. The van der Waals surface area contributed by atoms with Crippen LogP contribution in [0.15, 0.2) is 36.4 Å². The standard InChI is InChI=1S/C21H25NO3/c1-14-8-9-17(13-19(14)23)21(24)22-18-12-16(10-11-20(18)25-2)15-6-4-3-5-7-15/h8-13,15,23H,3-7H2,1-2H3,(H,22,24). The maximum atomic E-state index is 12.6. The van der Waals surface area contributed by atoms with Crippen LogP contribution in [0.5, 0.6) is 11.5 Å². The molecule has 4 nitrogen and oxygen atoms in total. The van der Waals surface area contributed by atoms with Gasteiger partial charge in [-0.2, -0.15) is 0 Å². The SMILES string of the molecule is COc1ccc(C2CCCCC2)cc1NC(=O)c1ccc(C)c(O)c1. The lowest BCUT2D eigenvalue weighted by Crippen LogP contribution is -2.13. The minimum atomic E-state index is -0.255. The van der Waals surface area contributed by atoms with Crippen LogP contribution in [-0.2, 0) is 0 Å². The minimum absolute atomic E-state index is 0.121. The summed E-state index contributed by atoms with van der Waals surface area (Å²) in [6.45, 7) is 1.80. The van der Waals surface area contributed by atoms with E-state index in [2.05, 4.69) is 11.4 Å². The van der Waals surface area contributed by atoms with Crippen LogP contribution < -0.4 is 10.1 Å². The summed E-state index contributed by atoms with van der Waals surface area (Å²) < 4.78 is 5.40. The molecular weight excluding hydrogens is 314 g/mol. The Bertz CT molecular complexity index is 764. The van der Waals surface area contributed by atoms with Crippen LogP contribution in [0.3, 0.4) is 0 Å². The van der Waals surface area contributed by atoms with E-state index in [1.165, 1.54) is 43.7 Å². The van der Waals surface area contributed by atoms with E-state index in [0.717, 1.165) is 5.56 Å². The molecule has 1 saturated carbocycles. The van der Waals surface area contributed by atoms with Gasteiger partial charge >= 0.3 is 0 Å². The summed E-state index contributed by atoms with van der Waals surface area (Å²) in [6.07, 6.45) is 6.24.